The Kier molecular flexibility index (Phi) is 11.3. The van der Waals surface area contributed by atoms with Crippen LogP contribution in [0.3, 0.4) is 0 Å². The quantitative estimate of drug-likeness (QED) is 0.230. The van der Waals surface area contributed by atoms with Crippen LogP contribution in [0.5, 0.6) is 0 Å². The summed E-state index contributed by atoms with van der Waals surface area (Å²) in [6.45, 7) is 17.8. The third-order valence-electron chi connectivity index (χ3n) is 8.13. The predicted molar refractivity (Wildman–Crippen MR) is 171 cm³/mol. The summed E-state index contributed by atoms with van der Waals surface area (Å²) < 4.78 is 0. The van der Waals surface area contributed by atoms with Crippen molar-refractivity contribution in [3.63, 3.8) is 0 Å². The van der Waals surface area contributed by atoms with Crippen LogP contribution in [0.4, 0.5) is 11.4 Å². The van der Waals surface area contributed by atoms with E-state index in [0.29, 0.717) is 36.7 Å². The average molecular weight is 571 g/mol. The first-order valence-corrected chi connectivity index (χ1v) is 14.7. The molecule has 3 unspecified atom stereocenters. The van der Waals surface area contributed by atoms with Gasteiger partial charge in [-0.2, -0.15) is 5.26 Å². The molecule has 1 amide bonds. The minimum absolute atomic E-state index is 0.0235. The van der Waals surface area contributed by atoms with Gasteiger partial charge in [0, 0.05) is 55.9 Å². The summed E-state index contributed by atoms with van der Waals surface area (Å²) >= 11 is 0. The van der Waals surface area contributed by atoms with Gasteiger partial charge in [0.15, 0.2) is 5.82 Å². The molecule has 1 aliphatic rings. The van der Waals surface area contributed by atoms with Gasteiger partial charge in [-0.05, 0) is 63.5 Å². The molecule has 1 aromatic heterocycles. The molecule has 2 heterocycles. The van der Waals surface area contributed by atoms with Crippen LogP contribution < -0.4 is 15.5 Å². The molecule has 9 heteroatoms. The van der Waals surface area contributed by atoms with E-state index >= 15 is 0 Å². The van der Waals surface area contributed by atoms with Crippen LogP contribution in [-0.4, -0.2) is 71.6 Å². The number of carbonyl (C=O) groups is 1. The number of aromatic nitrogens is 2. The van der Waals surface area contributed by atoms with Gasteiger partial charge < -0.3 is 20.4 Å². The summed E-state index contributed by atoms with van der Waals surface area (Å²) in [6.07, 6.45) is 9.44. The third-order valence-corrected chi connectivity index (χ3v) is 8.13. The highest BCUT2D eigenvalue weighted by atomic mass is 16.2. The zero-order chi connectivity index (χ0) is 30.9. The number of likely N-dealkylation sites (N-methyl/N-ethyl adjacent to an activating group) is 1. The van der Waals surface area contributed by atoms with Crippen LogP contribution >= 0.6 is 0 Å². The molecule has 3 atom stereocenters. The molecular weight excluding hydrogens is 524 g/mol. The summed E-state index contributed by atoms with van der Waals surface area (Å²) in [5, 5.41) is 16.3. The lowest BCUT2D eigenvalue weighted by molar-refractivity contribution is -0.133. The Bertz CT molecular complexity index is 1300. The molecule has 1 fully saturated rings. The van der Waals surface area contributed by atoms with Crippen LogP contribution in [0.15, 0.2) is 73.4 Å². The van der Waals surface area contributed by atoms with E-state index in [1.54, 1.807) is 12.4 Å². The van der Waals surface area contributed by atoms with Crippen LogP contribution in [0.1, 0.15) is 47.0 Å². The monoisotopic (exact) mass is 570 g/mol. The van der Waals surface area contributed by atoms with Crippen molar-refractivity contribution in [3.05, 3.63) is 73.4 Å². The minimum atomic E-state index is -0.769. The largest absolute Gasteiger partial charge is 0.386 e. The molecule has 0 saturated carbocycles. The Morgan fingerprint density at radius 3 is 2.43 bits per heavy atom. The van der Waals surface area contributed by atoms with Gasteiger partial charge in [-0.3, -0.25) is 9.69 Å². The molecule has 0 bridgehead atoms. The number of nitriles is 1. The molecule has 3 rings (SSSR count). The summed E-state index contributed by atoms with van der Waals surface area (Å²) in [5.74, 6) is 0.688. The van der Waals surface area contributed by atoms with E-state index in [4.69, 9.17) is 0 Å². The van der Waals surface area contributed by atoms with Gasteiger partial charge >= 0.3 is 0 Å². The normalized spacial score (nSPS) is 18.2. The van der Waals surface area contributed by atoms with E-state index in [2.05, 4.69) is 82.5 Å². The van der Waals surface area contributed by atoms with Crippen molar-refractivity contribution < 1.29 is 4.79 Å². The number of carbonyl (C=O) groups excluding carboxylic acids is 1. The maximum atomic E-state index is 13.7. The van der Waals surface area contributed by atoms with Gasteiger partial charge in [-0.25, -0.2) is 9.97 Å². The number of nitrogens with zero attached hydrogens (tertiary/aromatic N) is 6. The van der Waals surface area contributed by atoms with Crippen LogP contribution in [0, 0.1) is 16.7 Å². The molecule has 1 saturated heterocycles. The van der Waals surface area contributed by atoms with Crippen LogP contribution in [0.2, 0.25) is 0 Å². The number of hydrogen-bond donors (Lipinski definition) is 2. The molecular formula is C33H46N8O. The number of nitrogens with one attached hydrogen (secondary N) is 2. The van der Waals surface area contributed by atoms with Crippen molar-refractivity contribution in [3.8, 4) is 17.5 Å². The first-order valence-electron chi connectivity index (χ1n) is 14.7. The SMILES string of the molecule is C=C(/C=C\C)NC(=C)C1(C#N)CCN(CC(=O)N(C)C(CC)N(c2ccc(-c3ncc(NC)cn3)cc2)C(C)CC)C1. The van der Waals surface area contributed by atoms with Crippen molar-refractivity contribution in [1.82, 2.24) is 25.1 Å². The third kappa shape index (κ3) is 7.37. The topological polar surface area (TPSA) is 100 Å². The highest BCUT2D eigenvalue weighted by molar-refractivity contribution is 5.79. The molecule has 0 radical (unpaired) electrons. The molecule has 1 aliphatic heterocycles. The lowest BCUT2D eigenvalue weighted by atomic mass is 9.85. The van der Waals surface area contributed by atoms with Gasteiger partial charge in [-0.15, -0.1) is 0 Å². The number of allylic oxidation sites excluding steroid dienone is 2. The van der Waals surface area contributed by atoms with E-state index in [0.717, 1.165) is 29.8 Å². The molecule has 1 aromatic carbocycles. The lowest BCUT2D eigenvalue weighted by Crippen LogP contribution is -2.54. The molecule has 0 aliphatic carbocycles. The fourth-order valence-electron chi connectivity index (χ4n) is 5.42. The number of hydrogen-bond acceptors (Lipinski definition) is 8. The van der Waals surface area contributed by atoms with Crippen molar-refractivity contribution in [1.29, 1.82) is 5.26 Å². The van der Waals surface area contributed by atoms with E-state index < -0.39 is 5.41 Å². The smallest absolute Gasteiger partial charge is 0.238 e. The van der Waals surface area contributed by atoms with E-state index in [9.17, 15) is 10.1 Å². The molecule has 224 valence electrons. The van der Waals surface area contributed by atoms with E-state index in [1.807, 2.05) is 50.2 Å². The Labute approximate surface area is 251 Å². The second-order valence-corrected chi connectivity index (χ2v) is 10.9. The zero-order valence-corrected chi connectivity index (χ0v) is 26.0. The average Bonchev–Trinajstić information content (AvgIpc) is 3.43. The van der Waals surface area contributed by atoms with E-state index in [1.165, 1.54) is 0 Å². The summed E-state index contributed by atoms with van der Waals surface area (Å²) in [6, 6.07) is 10.9. The molecule has 9 nitrogen and oxygen atoms in total. The molecule has 42 heavy (non-hydrogen) atoms. The predicted octanol–water partition coefficient (Wildman–Crippen LogP) is 5.39. The Morgan fingerprint density at radius 2 is 1.88 bits per heavy atom. The number of amides is 1. The minimum Gasteiger partial charge on any atom is -0.386 e. The number of anilines is 2. The van der Waals surface area contributed by atoms with Gasteiger partial charge in [0.2, 0.25) is 5.91 Å². The van der Waals surface area contributed by atoms with Crippen molar-refractivity contribution >= 4 is 17.3 Å². The maximum Gasteiger partial charge on any atom is 0.238 e. The standard InChI is InChI=1S/C33H46N8O/c1-9-12-24(4)38-26(6)33(22-34)17-18-40(23-33)21-31(42)39(8)30(11-3)41(25(5)10-2)29-15-13-27(14-16-29)32-36-19-28(35-7)20-37-32/h9,12-16,19-20,25,30,35,38H,4,6,10-11,17-18,21,23H2,1-3,5,7-8H3/b12-9-. The van der Waals surface area contributed by atoms with Crippen LogP contribution in [-0.2, 0) is 4.79 Å². The highest BCUT2D eigenvalue weighted by Gasteiger charge is 2.42. The first kappa shape index (κ1) is 32.4. The van der Waals surface area contributed by atoms with Crippen LogP contribution in [0.25, 0.3) is 11.4 Å². The second-order valence-electron chi connectivity index (χ2n) is 10.9. The Balaban J connectivity index is 1.74. The number of likely N-dealkylation sites (tertiary alicyclic amines) is 1. The number of rotatable bonds is 14. The second kappa shape index (κ2) is 14.6. The number of benzene rings is 1. The Hall–Kier alpha value is -4.16. The summed E-state index contributed by atoms with van der Waals surface area (Å²) in [5.41, 5.74) is 3.38. The van der Waals surface area contributed by atoms with Gasteiger partial charge in [0.25, 0.3) is 0 Å². The van der Waals surface area contributed by atoms with Crippen molar-refractivity contribution in [2.75, 3.05) is 43.9 Å². The van der Waals surface area contributed by atoms with Gasteiger partial charge in [0.05, 0.1) is 30.7 Å². The molecule has 0 spiro atoms. The van der Waals surface area contributed by atoms with Gasteiger partial charge in [-0.1, -0.05) is 33.1 Å². The Morgan fingerprint density at radius 1 is 1.21 bits per heavy atom. The van der Waals surface area contributed by atoms with Gasteiger partial charge in [0.1, 0.15) is 11.6 Å². The molecule has 2 N–H and O–H groups in total. The zero-order valence-electron chi connectivity index (χ0n) is 26.0. The van der Waals surface area contributed by atoms with Crippen molar-refractivity contribution in [2.24, 2.45) is 5.41 Å². The maximum absolute atomic E-state index is 13.7. The van der Waals surface area contributed by atoms with E-state index in [-0.39, 0.29) is 24.7 Å². The fraction of sp³-hybridized carbons (Fsp3) is 0.455. The summed E-state index contributed by atoms with van der Waals surface area (Å²) in [4.78, 5) is 28.8. The van der Waals surface area contributed by atoms with Crippen molar-refractivity contribution in [2.45, 2.75) is 59.2 Å². The summed E-state index contributed by atoms with van der Waals surface area (Å²) in [7, 11) is 3.72. The highest BCUT2D eigenvalue weighted by Crippen LogP contribution is 2.36. The lowest BCUT2D eigenvalue weighted by Gasteiger charge is -2.43. The molecule has 2 aromatic rings. The fourth-order valence-corrected chi connectivity index (χ4v) is 5.42. The first-order chi connectivity index (χ1) is 20.1.